The van der Waals surface area contributed by atoms with Gasteiger partial charge in [-0.15, -0.1) is 0 Å². The first-order valence-corrected chi connectivity index (χ1v) is 14.7. The van der Waals surface area contributed by atoms with Crippen LogP contribution >= 0.6 is 0 Å². The topological polar surface area (TPSA) is 116 Å². The molecule has 0 aromatic heterocycles. The largest absolute Gasteiger partial charge is 0.463 e. The van der Waals surface area contributed by atoms with Crippen LogP contribution in [-0.2, 0) is 33.3 Å². The molecule has 2 aliphatic heterocycles. The third-order valence-corrected chi connectivity index (χ3v) is 7.99. The minimum absolute atomic E-state index is 0.0150. The van der Waals surface area contributed by atoms with Gasteiger partial charge in [-0.2, -0.15) is 0 Å². The monoisotopic (exact) mass is 567 g/mol. The molecule has 0 radical (unpaired) electrons. The summed E-state index contributed by atoms with van der Waals surface area (Å²) in [4.78, 5) is 22.9. The van der Waals surface area contributed by atoms with Crippen molar-refractivity contribution < 1.29 is 38.4 Å². The Hall–Kier alpha value is -1.78. The Labute approximate surface area is 241 Å². The fourth-order valence-electron chi connectivity index (χ4n) is 5.85. The highest BCUT2D eigenvalue weighted by Gasteiger charge is 2.56. The summed E-state index contributed by atoms with van der Waals surface area (Å²) in [5.41, 5.74) is 0.968. The van der Waals surface area contributed by atoms with Gasteiger partial charge in [-0.3, -0.25) is 9.59 Å². The normalized spacial score (nSPS) is 30.0. The van der Waals surface area contributed by atoms with Gasteiger partial charge in [0, 0.05) is 32.9 Å². The van der Waals surface area contributed by atoms with Gasteiger partial charge in [0.1, 0.15) is 6.61 Å². The lowest BCUT2D eigenvalue weighted by molar-refractivity contribution is -0.142. The summed E-state index contributed by atoms with van der Waals surface area (Å²) in [5.74, 6) is 0.428. The van der Waals surface area contributed by atoms with E-state index in [0.29, 0.717) is 18.4 Å². The standard InChI is InChI=1S/C31H53NO8/c1-20(18-31(7)30(40-31)23(4)29(36-8)24(5)33)10-9-11-21(2)28-22(3)12-13-26(39-28)19-32-27(35)14-15-37-16-17-38-25(6)34/h9-11,20,22-24,26,28-30,33H,12-19H2,1-8H3,(H,32,35)/b10-9+,21-11+/t20-,22+,23-,24-,26-,28-,29-,30-,31-/m1/s1. The number of ether oxygens (including phenoxy) is 5. The Balaban J connectivity index is 1.75. The number of esters is 1. The maximum Gasteiger partial charge on any atom is 0.302 e. The molecule has 2 heterocycles. The van der Waals surface area contributed by atoms with Crippen LogP contribution in [-0.4, -0.2) is 86.6 Å². The number of amides is 1. The number of nitrogens with one attached hydrogen (secondary N) is 1. The summed E-state index contributed by atoms with van der Waals surface area (Å²) in [6, 6.07) is 0. The van der Waals surface area contributed by atoms with Gasteiger partial charge in [0.05, 0.1) is 49.3 Å². The second-order valence-electron chi connectivity index (χ2n) is 11.9. The van der Waals surface area contributed by atoms with E-state index in [0.717, 1.165) is 19.3 Å². The van der Waals surface area contributed by atoms with Crippen LogP contribution in [0.5, 0.6) is 0 Å². The van der Waals surface area contributed by atoms with Crippen molar-refractivity contribution in [3.63, 3.8) is 0 Å². The molecular weight excluding hydrogens is 514 g/mol. The maximum atomic E-state index is 12.2. The van der Waals surface area contributed by atoms with Crippen LogP contribution in [0, 0.1) is 17.8 Å². The zero-order valence-corrected chi connectivity index (χ0v) is 25.8. The fraction of sp³-hybridized carbons (Fsp3) is 0.806. The van der Waals surface area contributed by atoms with E-state index in [9.17, 15) is 14.7 Å². The molecule has 0 spiro atoms. The number of aliphatic hydroxyl groups is 1. The first-order valence-electron chi connectivity index (χ1n) is 14.7. The van der Waals surface area contributed by atoms with Crippen molar-refractivity contribution in [1.82, 2.24) is 5.32 Å². The predicted molar refractivity (Wildman–Crippen MR) is 154 cm³/mol. The molecule has 0 aliphatic carbocycles. The van der Waals surface area contributed by atoms with Crippen molar-refractivity contribution in [2.75, 3.05) is 33.5 Å². The van der Waals surface area contributed by atoms with Crippen molar-refractivity contribution in [2.45, 2.75) is 110 Å². The zero-order valence-electron chi connectivity index (χ0n) is 25.8. The number of hydrogen-bond acceptors (Lipinski definition) is 8. The van der Waals surface area contributed by atoms with Gasteiger partial charge in [-0.05, 0) is 57.4 Å². The van der Waals surface area contributed by atoms with E-state index in [1.165, 1.54) is 12.5 Å². The number of carbonyl (C=O) groups excluding carboxylic acids is 2. The van der Waals surface area contributed by atoms with Gasteiger partial charge in [0.2, 0.25) is 5.91 Å². The number of epoxide rings is 1. The molecule has 2 saturated heterocycles. The second-order valence-corrected chi connectivity index (χ2v) is 11.9. The van der Waals surface area contributed by atoms with Crippen molar-refractivity contribution in [3.8, 4) is 0 Å². The molecule has 2 fully saturated rings. The number of aliphatic hydroxyl groups excluding tert-OH is 1. The molecule has 0 aromatic rings. The molecule has 9 nitrogen and oxygen atoms in total. The fourth-order valence-corrected chi connectivity index (χ4v) is 5.85. The number of rotatable bonds is 17. The van der Waals surface area contributed by atoms with Crippen LogP contribution in [0.25, 0.3) is 0 Å². The van der Waals surface area contributed by atoms with Gasteiger partial charge in [-0.1, -0.05) is 39.0 Å². The quantitative estimate of drug-likeness (QED) is 0.117. The highest BCUT2D eigenvalue weighted by molar-refractivity contribution is 5.75. The maximum absolute atomic E-state index is 12.2. The SMILES string of the molecule is CO[C@H]([C@@H](C)[C@H]1O[C@]1(C)C[C@H](C)/C=C/C=C(\C)[C@H]1O[C@@H](CNC(=O)CCOCCOC(C)=O)CC[C@@H]1C)[C@@H](C)O. The minimum atomic E-state index is -0.537. The van der Waals surface area contributed by atoms with Gasteiger partial charge in [0.15, 0.2) is 0 Å². The lowest BCUT2D eigenvalue weighted by atomic mass is 9.85. The molecule has 0 bridgehead atoms. The highest BCUT2D eigenvalue weighted by Crippen LogP contribution is 2.47. The van der Waals surface area contributed by atoms with E-state index < -0.39 is 6.10 Å². The summed E-state index contributed by atoms with van der Waals surface area (Å²) in [5, 5.41) is 13.0. The lowest BCUT2D eigenvalue weighted by Gasteiger charge is -2.35. The van der Waals surface area contributed by atoms with Crippen LogP contribution in [0.15, 0.2) is 23.8 Å². The first kappa shape index (κ1) is 34.4. The summed E-state index contributed by atoms with van der Waals surface area (Å²) in [7, 11) is 1.64. The number of methoxy groups -OCH3 is 1. The Morgan fingerprint density at radius 3 is 2.52 bits per heavy atom. The molecule has 0 unspecified atom stereocenters. The number of carbonyl (C=O) groups is 2. The lowest BCUT2D eigenvalue weighted by Crippen LogP contribution is -2.41. The third kappa shape index (κ3) is 11.2. The molecule has 9 heteroatoms. The van der Waals surface area contributed by atoms with E-state index in [-0.39, 0.29) is 74.1 Å². The summed E-state index contributed by atoms with van der Waals surface area (Å²) >= 11 is 0. The van der Waals surface area contributed by atoms with Crippen molar-refractivity contribution in [3.05, 3.63) is 23.8 Å². The summed E-state index contributed by atoms with van der Waals surface area (Å²) in [6.45, 7) is 15.1. The van der Waals surface area contributed by atoms with Gasteiger partial charge < -0.3 is 34.1 Å². The summed E-state index contributed by atoms with van der Waals surface area (Å²) in [6.07, 6.45) is 8.86. The molecule has 9 atom stereocenters. The van der Waals surface area contributed by atoms with Crippen LogP contribution in [0.1, 0.15) is 74.1 Å². The number of allylic oxidation sites excluding steroid dienone is 3. The molecule has 0 saturated carbocycles. The number of hydrogen-bond donors (Lipinski definition) is 2. The van der Waals surface area contributed by atoms with Crippen molar-refractivity contribution in [1.29, 1.82) is 0 Å². The molecule has 40 heavy (non-hydrogen) atoms. The van der Waals surface area contributed by atoms with Crippen LogP contribution < -0.4 is 5.32 Å². The molecule has 2 N–H and O–H groups in total. The van der Waals surface area contributed by atoms with Gasteiger partial charge >= 0.3 is 5.97 Å². The average Bonchev–Trinajstić information content (AvgIpc) is 3.55. The summed E-state index contributed by atoms with van der Waals surface area (Å²) < 4.78 is 28.1. The predicted octanol–water partition coefficient (Wildman–Crippen LogP) is 3.97. The van der Waals surface area contributed by atoms with E-state index in [2.05, 4.69) is 58.2 Å². The highest BCUT2D eigenvalue weighted by atomic mass is 16.6. The van der Waals surface area contributed by atoms with Crippen molar-refractivity contribution >= 4 is 11.9 Å². The molecular formula is C31H53NO8. The molecule has 230 valence electrons. The van der Waals surface area contributed by atoms with E-state index in [4.69, 9.17) is 23.7 Å². The van der Waals surface area contributed by atoms with E-state index in [1.807, 2.05) is 0 Å². The smallest absolute Gasteiger partial charge is 0.302 e. The van der Waals surface area contributed by atoms with Gasteiger partial charge in [-0.25, -0.2) is 0 Å². The van der Waals surface area contributed by atoms with E-state index >= 15 is 0 Å². The Morgan fingerprint density at radius 2 is 1.88 bits per heavy atom. The van der Waals surface area contributed by atoms with Crippen molar-refractivity contribution in [2.24, 2.45) is 17.8 Å². The zero-order chi connectivity index (χ0) is 29.9. The molecule has 2 aliphatic rings. The van der Waals surface area contributed by atoms with E-state index in [1.54, 1.807) is 14.0 Å². The average molecular weight is 568 g/mol. The van der Waals surface area contributed by atoms with Crippen LogP contribution in [0.3, 0.4) is 0 Å². The Morgan fingerprint density at radius 1 is 1.15 bits per heavy atom. The minimum Gasteiger partial charge on any atom is -0.463 e. The second kappa shape index (κ2) is 16.6. The molecule has 1 amide bonds. The molecule has 0 aromatic carbocycles. The van der Waals surface area contributed by atoms with Gasteiger partial charge in [0.25, 0.3) is 0 Å². The third-order valence-electron chi connectivity index (χ3n) is 7.99. The first-order chi connectivity index (χ1) is 18.9. The molecule has 2 rings (SSSR count). The Kier molecular flexibility index (Phi) is 14.3. The Bertz CT molecular complexity index is 858. The van der Waals surface area contributed by atoms with Crippen LogP contribution in [0.4, 0.5) is 0 Å². The van der Waals surface area contributed by atoms with Crippen LogP contribution in [0.2, 0.25) is 0 Å².